The lowest BCUT2D eigenvalue weighted by Crippen LogP contribution is -2.30. The average molecular weight is 398 g/mol. The zero-order valence-corrected chi connectivity index (χ0v) is 16.6. The molecule has 0 saturated carbocycles. The van der Waals surface area contributed by atoms with Crippen molar-refractivity contribution in [1.82, 2.24) is 24.5 Å². The summed E-state index contributed by atoms with van der Waals surface area (Å²) in [5.74, 6) is 1.41. The molecule has 0 radical (unpaired) electrons. The Morgan fingerprint density at radius 3 is 2.64 bits per heavy atom. The third kappa shape index (κ3) is 3.86. The van der Waals surface area contributed by atoms with Crippen LogP contribution in [0.3, 0.4) is 0 Å². The van der Waals surface area contributed by atoms with E-state index in [1.54, 1.807) is 41.3 Å². The lowest BCUT2D eigenvalue weighted by atomic mass is 10.3. The first-order valence-electron chi connectivity index (χ1n) is 7.85. The molecule has 10 heteroatoms. The maximum Gasteiger partial charge on any atom is 0.243 e. The summed E-state index contributed by atoms with van der Waals surface area (Å²) in [7, 11) is -3.47. The molecule has 0 unspecified atom stereocenters. The smallest absolute Gasteiger partial charge is 0.243 e. The van der Waals surface area contributed by atoms with Crippen molar-refractivity contribution in [1.29, 1.82) is 0 Å². The third-order valence-electron chi connectivity index (χ3n) is 3.69. The van der Waals surface area contributed by atoms with Crippen molar-refractivity contribution in [3.8, 4) is 0 Å². The Morgan fingerprint density at radius 2 is 2.00 bits per heavy atom. The van der Waals surface area contributed by atoms with Gasteiger partial charge in [-0.15, -0.1) is 10.2 Å². The summed E-state index contributed by atoms with van der Waals surface area (Å²) in [6, 6.07) is 5.01. The van der Waals surface area contributed by atoms with Crippen LogP contribution < -0.4 is 0 Å². The molecule has 0 spiro atoms. The van der Waals surface area contributed by atoms with Crippen molar-refractivity contribution in [2.45, 2.75) is 35.8 Å². The van der Waals surface area contributed by atoms with Gasteiger partial charge in [0.15, 0.2) is 4.34 Å². The van der Waals surface area contributed by atoms with Gasteiger partial charge >= 0.3 is 0 Å². The van der Waals surface area contributed by atoms with Crippen LogP contribution in [-0.4, -0.2) is 46.0 Å². The van der Waals surface area contributed by atoms with E-state index in [2.05, 4.69) is 20.2 Å². The molecule has 0 aliphatic rings. The third-order valence-corrected chi connectivity index (χ3v) is 7.71. The molecule has 2 aromatic heterocycles. The lowest BCUT2D eigenvalue weighted by Gasteiger charge is -2.18. The van der Waals surface area contributed by atoms with Gasteiger partial charge < -0.3 is 4.98 Å². The van der Waals surface area contributed by atoms with E-state index >= 15 is 0 Å². The molecule has 1 aromatic carbocycles. The summed E-state index contributed by atoms with van der Waals surface area (Å²) < 4.78 is 27.6. The molecular weight excluding hydrogens is 378 g/mol. The molecular formula is C15H19N5O2S3. The van der Waals surface area contributed by atoms with E-state index in [0.29, 0.717) is 18.8 Å². The van der Waals surface area contributed by atoms with E-state index in [4.69, 9.17) is 0 Å². The Kier molecular flexibility index (Phi) is 5.42. The van der Waals surface area contributed by atoms with Crippen LogP contribution >= 0.6 is 23.1 Å². The molecule has 25 heavy (non-hydrogen) atoms. The zero-order chi connectivity index (χ0) is 18.0. The summed E-state index contributed by atoms with van der Waals surface area (Å²) in [6.07, 6.45) is 0. The Hall–Kier alpha value is -1.49. The van der Waals surface area contributed by atoms with Crippen LogP contribution in [0.2, 0.25) is 0 Å². The predicted molar refractivity (Wildman–Crippen MR) is 100 cm³/mol. The molecule has 0 atom stereocenters. The second-order valence-electron chi connectivity index (χ2n) is 5.33. The number of sulfonamides is 1. The summed E-state index contributed by atoms with van der Waals surface area (Å²) in [5, 5.41) is 8.99. The summed E-state index contributed by atoms with van der Waals surface area (Å²) >= 11 is 3.10. The SMILES string of the molecule is CCN(CC)S(=O)(=O)c1ccc2nc(CSc3nnc(C)s3)[nH]c2c1. The Labute approximate surface area is 154 Å². The number of nitrogens with one attached hydrogen (secondary N) is 1. The fourth-order valence-electron chi connectivity index (χ4n) is 2.45. The number of aryl methyl sites for hydroxylation is 1. The first-order valence-corrected chi connectivity index (χ1v) is 11.1. The molecule has 0 aliphatic heterocycles. The topological polar surface area (TPSA) is 91.8 Å². The van der Waals surface area contributed by atoms with Crippen molar-refractivity contribution >= 4 is 44.2 Å². The van der Waals surface area contributed by atoms with Gasteiger partial charge in [0.2, 0.25) is 10.0 Å². The Bertz CT molecular complexity index is 976. The number of benzene rings is 1. The first kappa shape index (κ1) is 18.3. The van der Waals surface area contributed by atoms with E-state index in [0.717, 1.165) is 26.2 Å². The molecule has 0 bridgehead atoms. The fourth-order valence-corrected chi connectivity index (χ4v) is 5.62. The molecule has 2 heterocycles. The first-order chi connectivity index (χ1) is 11.9. The van der Waals surface area contributed by atoms with Crippen molar-refractivity contribution in [3.63, 3.8) is 0 Å². The maximum absolute atomic E-state index is 12.6. The minimum absolute atomic E-state index is 0.284. The van der Waals surface area contributed by atoms with Gasteiger partial charge in [0.1, 0.15) is 10.8 Å². The van der Waals surface area contributed by atoms with E-state index in [1.807, 2.05) is 20.8 Å². The molecule has 0 aliphatic carbocycles. The molecule has 7 nitrogen and oxygen atoms in total. The van der Waals surface area contributed by atoms with Gasteiger partial charge in [-0.3, -0.25) is 0 Å². The summed E-state index contributed by atoms with van der Waals surface area (Å²) in [4.78, 5) is 8.00. The van der Waals surface area contributed by atoms with E-state index in [1.165, 1.54) is 4.31 Å². The molecule has 134 valence electrons. The maximum atomic E-state index is 12.6. The molecule has 3 rings (SSSR count). The van der Waals surface area contributed by atoms with E-state index in [-0.39, 0.29) is 4.90 Å². The van der Waals surface area contributed by atoms with E-state index < -0.39 is 10.0 Å². The number of aromatic nitrogens is 4. The minimum atomic E-state index is -3.47. The zero-order valence-electron chi connectivity index (χ0n) is 14.2. The highest BCUT2D eigenvalue weighted by atomic mass is 32.2. The normalized spacial score (nSPS) is 12.3. The average Bonchev–Trinajstić information content (AvgIpc) is 3.18. The van der Waals surface area contributed by atoms with Crippen LogP contribution in [0, 0.1) is 6.92 Å². The highest BCUT2D eigenvalue weighted by Crippen LogP contribution is 2.26. The van der Waals surface area contributed by atoms with Gasteiger partial charge in [0, 0.05) is 13.1 Å². The number of nitrogens with zero attached hydrogens (tertiary/aromatic N) is 4. The number of thioether (sulfide) groups is 1. The van der Waals surface area contributed by atoms with Gasteiger partial charge in [0.25, 0.3) is 0 Å². The number of hydrogen-bond donors (Lipinski definition) is 1. The predicted octanol–water partition coefficient (Wildman–Crippen LogP) is 3.05. The number of rotatable bonds is 7. The van der Waals surface area contributed by atoms with Crippen LogP contribution in [0.25, 0.3) is 11.0 Å². The summed E-state index contributed by atoms with van der Waals surface area (Å²) in [6.45, 7) is 6.48. The van der Waals surface area contributed by atoms with Gasteiger partial charge in [-0.25, -0.2) is 13.4 Å². The van der Waals surface area contributed by atoms with Crippen LogP contribution in [-0.2, 0) is 15.8 Å². The van der Waals surface area contributed by atoms with Gasteiger partial charge in [0.05, 0.1) is 21.7 Å². The van der Waals surface area contributed by atoms with Gasteiger partial charge in [-0.1, -0.05) is 36.9 Å². The lowest BCUT2D eigenvalue weighted by molar-refractivity contribution is 0.445. The fraction of sp³-hybridized carbons (Fsp3) is 0.400. The monoisotopic (exact) mass is 397 g/mol. The van der Waals surface area contributed by atoms with Crippen molar-refractivity contribution in [3.05, 3.63) is 29.0 Å². The molecule has 1 N–H and O–H groups in total. The van der Waals surface area contributed by atoms with Crippen molar-refractivity contribution in [2.75, 3.05) is 13.1 Å². The van der Waals surface area contributed by atoms with E-state index in [9.17, 15) is 8.42 Å². The number of H-pyrrole nitrogens is 1. The number of fused-ring (bicyclic) bond motifs is 1. The van der Waals surface area contributed by atoms with Crippen molar-refractivity contribution in [2.24, 2.45) is 0 Å². The van der Waals surface area contributed by atoms with Crippen LogP contribution in [0.4, 0.5) is 0 Å². The molecule has 0 saturated heterocycles. The quantitative estimate of drug-likeness (QED) is 0.616. The molecule has 3 aromatic rings. The van der Waals surface area contributed by atoms with Gasteiger partial charge in [-0.2, -0.15) is 4.31 Å². The minimum Gasteiger partial charge on any atom is -0.341 e. The number of aromatic amines is 1. The second kappa shape index (κ2) is 7.40. The largest absolute Gasteiger partial charge is 0.341 e. The highest BCUT2D eigenvalue weighted by molar-refractivity contribution is 8.00. The summed E-state index contributed by atoms with van der Waals surface area (Å²) in [5.41, 5.74) is 1.47. The standard InChI is InChI=1S/C15H19N5O2S3/c1-4-20(5-2)25(21,22)11-6-7-12-13(8-11)17-14(16-12)9-23-15-19-18-10(3)24-15/h6-8H,4-5,9H2,1-3H3,(H,16,17). The Morgan fingerprint density at radius 1 is 1.24 bits per heavy atom. The number of hydrogen-bond acceptors (Lipinski definition) is 7. The second-order valence-corrected chi connectivity index (χ2v) is 9.67. The Balaban J connectivity index is 1.84. The van der Waals surface area contributed by atoms with Crippen LogP contribution in [0.1, 0.15) is 24.7 Å². The van der Waals surface area contributed by atoms with Crippen molar-refractivity contribution < 1.29 is 8.42 Å². The molecule has 0 fully saturated rings. The number of imidazole rings is 1. The molecule has 0 amide bonds. The van der Waals surface area contributed by atoms with Crippen LogP contribution in [0.5, 0.6) is 0 Å². The highest BCUT2D eigenvalue weighted by Gasteiger charge is 2.22. The van der Waals surface area contributed by atoms with Gasteiger partial charge in [-0.05, 0) is 25.1 Å². The van der Waals surface area contributed by atoms with Crippen LogP contribution in [0.15, 0.2) is 27.4 Å².